The van der Waals surface area contributed by atoms with Crippen LogP contribution in [0.15, 0.2) is 0 Å². The predicted octanol–water partition coefficient (Wildman–Crippen LogP) is 0.0782. The first-order chi connectivity index (χ1) is 7.29. The van der Waals surface area contributed by atoms with Gasteiger partial charge in [-0.25, -0.2) is 0 Å². The maximum absolute atomic E-state index is 11.5. The topological polar surface area (TPSA) is 58.4 Å². The summed E-state index contributed by atoms with van der Waals surface area (Å²) < 4.78 is 0. The Morgan fingerprint density at radius 3 is 2.87 bits per heavy atom. The Morgan fingerprint density at radius 1 is 1.40 bits per heavy atom. The van der Waals surface area contributed by atoms with E-state index in [1.807, 2.05) is 0 Å². The molecule has 0 aromatic heterocycles. The molecule has 1 unspecified atom stereocenters. The average Bonchev–Trinajstić information content (AvgIpc) is 2.92. The first-order valence-corrected chi connectivity index (χ1v) is 6.03. The minimum Gasteiger partial charge on any atom is -0.353 e. The molecule has 4 nitrogen and oxygen atoms in total. The summed E-state index contributed by atoms with van der Waals surface area (Å²) in [4.78, 5) is 13.8. The molecule has 2 aliphatic rings. The standard InChI is InChI=1S/C11H21N3O/c12-8-10-2-1-6-14(10)7-5-11(15)13-9-3-4-9/h9-10H,1-8,12H2,(H,13,15). The number of carbonyl (C=O) groups excluding carboxylic acids is 1. The second-order valence-electron chi connectivity index (χ2n) is 4.66. The first kappa shape index (κ1) is 10.9. The number of carbonyl (C=O) groups is 1. The van der Waals surface area contributed by atoms with Crippen LogP contribution in [0.5, 0.6) is 0 Å². The first-order valence-electron chi connectivity index (χ1n) is 6.03. The summed E-state index contributed by atoms with van der Waals surface area (Å²) in [6.07, 6.45) is 5.39. The van der Waals surface area contributed by atoms with E-state index < -0.39 is 0 Å². The fraction of sp³-hybridized carbons (Fsp3) is 0.909. The lowest BCUT2D eigenvalue weighted by Crippen LogP contribution is -2.38. The van der Waals surface area contributed by atoms with Crippen LogP contribution in [0.4, 0.5) is 0 Å². The minimum atomic E-state index is 0.208. The van der Waals surface area contributed by atoms with E-state index in [-0.39, 0.29) is 5.91 Å². The third-order valence-electron chi connectivity index (χ3n) is 3.34. The fourth-order valence-electron chi connectivity index (χ4n) is 2.23. The summed E-state index contributed by atoms with van der Waals surface area (Å²) in [7, 11) is 0. The van der Waals surface area contributed by atoms with E-state index in [1.54, 1.807) is 0 Å². The van der Waals surface area contributed by atoms with Crippen molar-refractivity contribution in [2.24, 2.45) is 5.73 Å². The fourth-order valence-corrected chi connectivity index (χ4v) is 2.23. The van der Waals surface area contributed by atoms with Gasteiger partial charge in [0.1, 0.15) is 0 Å². The molecule has 1 heterocycles. The Kier molecular flexibility index (Phi) is 3.59. The van der Waals surface area contributed by atoms with Crippen molar-refractivity contribution >= 4 is 5.91 Å². The van der Waals surface area contributed by atoms with Crippen LogP contribution >= 0.6 is 0 Å². The smallest absolute Gasteiger partial charge is 0.221 e. The van der Waals surface area contributed by atoms with Crippen molar-refractivity contribution in [2.45, 2.75) is 44.2 Å². The van der Waals surface area contributed by atoms with Crippen molar-refractivity contribution in [2.75, 3.05) is 19.6 Å². The number of likely N-dealkylation sites (tertiary alicyclic amines) is 1. The highest BCUT2D eigenvalue weighted by Gasteiger charge is 2.25. The van der Waals surface area contributed by atoms with Crippen LogP contribution in [0.2, 0.25) is 0 Å². The van der Waals surface area contributed by atoms with E-state index in [0.717, 1.165) is 19.6 Å². The summed E-state index contributed by atoms with van der Waals surface area (Å²) in [5.74, 6) is 0.208. The molecule has 1 amide bonds. The van der Waals surface area contributed by atoms with E-state index >= 15 is 0 Å². The minimum absolute atomic E-state index is 0.208. The third-order valence-corrected chi connectivity index (χ3v) is 3.34. The number of rotatable bonds is 5. The predicted molar refractivity (Wildman–Crippen MR) is 59.4 cm³/mol. The van der Waals surface area contributed by atoms with Crippen LogP contribution in [0.1, 0.15) is 32.1 Å². The molecule has 1 atom stereocenters. The summed E-state index contributed by atoms with van der Waals surface area (Å²) >= 11 is 0. The molecule has 0 spiro atoms. The molecule has 0 aromatic carbocycles. The Labute approximate surface area is 91.2 Å². The van der Waals surface area contributed by atoms with Crippen LogP contribution in [-0.2, 0) is 4.79 Å². The quantitative estimate of drug-likeness (QED) is 0.677. The second-order valence-corrected chi connectivity index (χ2v) is 4.66. The SMILES string of the molecule is NCC1CCCN1CCC(=O)NC1CC1. The number of hydrogen-bond acceptors (Lipinski definition) is 3. The van der Waals surface area contributed by atoms with Gasteiger partial charge in [-0.2, -0.15) is 0 Å². The summed E-state index contributed by atoms with van der Waals surface area (Å²) in [6.45, 7) is 2.71. The van der Waals surface area contributed by atoms with E-state index in [1.165, 1.54) is 25.7 Å². The van der Waals surface area contributed by atoms with Crippen molar-refractivity contribution in [3.8, 4) is 0 Å². The molecular formula is C11H21N3O. The molecular weight excluding hydrogens is 190 g/mol. The normalized spacial score (nSPS) is 26.9. The second kappa shape index (κ2) is 4.94. The molecule has 86 valence electrons. The van der Waals surface area contributed by atoms with Gasteiger partial charge in [-0.3, -0.25) is 9.69 Å². The monoisotopic (exact) mass is 211 g/mol. The van der Waals surface area contributed by atoms with Gasteiger partial charge in [-0.1, -0.05) is 0 Å². The van der Waals surface area contributed by atoms with E-state index in [9.17, 15) is 4.79 Å². The largest absolute Gasteiger partial charge is 0.353 e. The lowest BCUT2D eigenvalue weighted by atomic mass is 10.2. The van der Waals surface area contributed by atoms with Crippen molar-refractivity contribution in [3.63, 3.8) is 0 Å². The van der Waals surface area contributed by atoms with Crippen LogP contribution < -0.4 is 11.1 Å². The highest BCUT2D eigenvalue weighted by atomic mass is 16.1. The molecule has 2 rings (SSSR count). The maximum atomic E-state index is 11.5. The van der Waals surface area contributed by atoms with Gasteiger partial charge in [-0.05, 0) is 32.2 Å². The molecule has 0 aromatic rings. The molecule has 3 N–H and O–H groups in total. The van der Waals surface area contributed by atoms with E-state index in [4.69, 9.17) is 5.73 Å². The molecule has 1 saturated carbocycles. The molecule has 15 heavy (non-hydrogen) atoms. The van der Waals surface area contributed by atoms with Gasteiger partial charge in [0, 0.05) is 31.6 Å². The van der Waals surface area contributed by atoms with Crippen LogP contribution in [0.25, 0.3) is 0 Å². The molecule has 1 aliphatic heterocycles. The molecule has 4 heteroatoms. The zero-order valence-electron chi connectivity index (χ0n) is 9.24. The molecule has 0 bridgehead atoms. The Hall–Kier alpha value is -0.610. The zero-order valence-corrected chi connectivity index (χ0v) is 9.24. The average molecular weight is 211 g/mol. The number of amides is 1. The zero-order chi connectivity index (χ0) is 10.7. The number of nitrogens with two attached hydrogens (primary N) is 1. The molecule has 0 radical (unpaired) electrons. The highest BCUT2D eigenvalue weighted by Crippen LogP contribution is 2.19. The van der Waals surface area contributed by atoms with Gasteiger partial charge in [-0.15, -0.1) is 0 Å². The van der Waals surface area contributed by atoms with Crippen LogP contribution in [-0.4, -0.2) is 42.5 Å². The maximum Gasteiger partial charge on any atom is 0.221 e. The number of hydrogen-bond donors (Lipinski definition) is 2. The van der Waals surface area contributed by atoms with Gasteiger partial charge in [0.05, 0.1) is 0 Å². The molecule has 1 saturated heterocycles. The van der Waals surface area contributed by atoms with E-state index in [2.05, 4.69) is 10.2 Å². The number of nitrogens with one attached hydrogen (secondary N) is 1. The number of nitrogens with zero attached hydrogens (tertiary/aromatic N) is 1. The lowest BCUT2D eigenvalue weighted by Gasteiger charge is -2.22. The van der Waals surface area contributed by atoms with Crippen molar-refractivity contribution in [1.29, 1.82) is 0 Å². The highest BCUT2D eigenvalue weighted by molar-refractivity contribution is 5.76. The molecule has 1 aliphatic carbocycles. The summed E-state index contributed by atoms with van der Waals surface area (Å²) in [5, 5.41) is 3.01. The third kappa shape index (κ3) is 3.18. The Bertz CT molecular complexity index is 228. The van der Waals surface area contributed by atoms with E-state index in [0.29, 0.717) is 18.5 Å². The van der Waals surface area contributed by atoms with Crippen LogP contribution in [0.3, 0.4) is 0 Å². The van der Waals surface area contributed by atoms with Gasteiger partial charge in [0.15, 0.2) is 0 Å². The van der Waals surface area contributed by atoms with Crippen molar-refractivity contribution < 1.29 is 4.79 Å². The Balaban J connectivity index is 1.65. The van der Waals surface area contributed by atoms with Gasteiger partial charge < -0.3 is 11.1 Å². The lowest BCUT2D eigenvalue weighted by molar-refractivity contribution is -0.121. The van der Waals surface area contributed by atoms with Gasteiger partial charge in [0.25, 0.3) is 0 Å². The Morgan fingerprint density at radius 2 is 2.20 bits per heavy atom. The van der Waals surface area contributed by atoms with Crippen LogP contribution in [0, 0.1) is 0 Å². The summed E-state index contributed by atoms with van der Waals surface area (Å²) in [5.41, 5.74) is 5.68. The summed E-state index contributed by atoms with van der Waals surface area (Å²) in [6, 6.07) is 1.00. The molecule has 2 fully saturated rings. The van der Waals surface area contributed by atoms with Gasteiger partial charge in [0.2, 0.25) is 5.91 Å². The van der Waals surface area contributed by atoms with Crippen molar-refractivity contribution in [3.05, 3.63) is 0 Å². The van der Waals surface area contributed by atoms with Crippen molar-refractivity contribution in [1.82, 2.24) is 10.2 Å². The van der Waals surface area contributed by atoms with Gasteiger partial charge >= 0.3 is 0 Å².